The third-order valence-electron chi connectivity index (χ3n) is 2.34. The highest BCUT2D eigenvalue weighted by Gasteiger charge is 2.13. The van der Waals surface area contributed by atoms with Crippen LogP contribution in [0.15, 0.2) is 24.4 Å². The molecule has 0 saturated heterocycles. The minimum Gasteiger partial charge on any atom is -0.325 e. The van der Waals surface area contributed by atoms with Crippen LogP contribution in [0.5, 0.6) is 0 Å². The number of rotatable bonds is 4. The highest BCUT2D eigenvalue weighted by molar-refractivity contribution is 5.56. The van der Waals surface area contributed by atoms with E-state index in [1.54, 1.807) is 6.20 Å². The maximum Gasteiger partial charge on any atom is 0.111 e. The van der Waals surface area contributed by atoms with Crippen molar-refractivity contribution in [2.45, 2.75) is 26.4 Å². The molecule has 0 aliphatic carbocycles. The first-order valence-electron chi connectivity index (χ1n) is 5.40. The van der Waals surface area contributed by atoms with E-state index in [9.17, 15) is 0 Å². The van der Waals surface area contributed by atoms with Crippen molar-refractivity contribution in [3.63, 3.8) is 0 Å². The van der Waals surface area contributed by atoms with Crippen molar-refractivity contribution in [1.29, 1.82) is 0 Å². The van der Waals surface area contributed by atoms with Crippen LogP contribution in [0.2, 0.25) is 0 Å². The van der Waals surface area contributed by atoms with E-state index in [0.717, 1.165) is 30.0 Å². The van der Waals surface area contributed by atoms with Gasteiger partial charge in [0.05, 0.1) is 5.69 Å². The zero-order valence-corrected chi connectivity index (χ0v) is 9.30. The number of hydrogen-bond donors (Lipinski definition) is 1. The van der Waals surface area contributed by atoms with Crippen molar-refractivity contribution < 1.29 is 0 Å². The summed E-state index contributed by atoms with van der Waals surface area (Å²) in [5.74, 6) is 0. The Morgan fingerprint density at radius 2 is 2.25 bits per heavy atom. The van der Waals surface area contributed by atoms with Gasteiger partial charge in [0.1, 0.15) is 11.4 Å². The van der Waals surface area contributed by atoms with Gasteiger partial charge in [-0.25, -0.2) is 4.68 Å². The van der Waals surface area contributed by atoms with Crippen molar-refractivity contribution in [2.24, 2.45) is 5.73 Å². The molecular formula is C11H15N5. The molecule has 5 heteroatoms. The van der Waals surface area contributed by atoms with Gasteiger partial charge in [0.15, 0.2) is 0 Å². The topological polar surface area (TPSA) is 69.6 Å². The molecule has 0 radical (unpaired) electrons. The lowest BCUT2D eigenvalue weighted by Crippen LogP contribution is -2.04. The van der Waals surface area contributed by atoms with Gasteiger partial charge in [-0.2, -0.15) is 0 Å². The Kier molecular flexibility index (Phi) is 3.26. The molecule has 0 aliphatic heterocycles. The molecule has 0 saturated carbocycles. The lowest BCUT2D eigenvalue weighted by atomic mass is 10.2. The summed E-state index contributed by atoms with van der Waals surface area (Å²) < 4.78 is 1.87. The Morgan fingerprint density at radius 1 is 1.38 bits per heavy atom. The van der Waals surface area contributed by atoms with E-state index in [1.807, 2.05) is 22.9 Å². The van der Waals surface area contributed by atoms with Gasteiger partial charge in [-0.3, -0.25) is 4.98 Å². The highest BCUT2D eigenvalue weighted by atomic mass is 15.4. The van der Waals surface area contributed by atoms with Crippen LogP contribution in [0, 0.1) is 0 Å². The van der Waals surface area contributed by atoms with Gasteiger partial charge in [-0.1, -0.05) is 18.2 Å². The predicted molar refractivity (Wildman–Crippen MR) is 61.4 cm³/mol. The molecule has 2 aromatic heterocycles. The standard InChI is InChI=1S/C11H15N5/c1-2-7-16-11(10(8-12)14-15-16)9-5-3-4-6-13-9/h3-6H,2,7-8,12H2,1H3. The number of hydrogen-bond acceptors (Lipinski definition) is 4. The van der Waals surface area contributed by atoms with E-state index >= 15 is 0 Å². The first-order chi connectivity index (χ1) is 7.86. The zero-order chi connectivity index (χ0) is 11.4. The summed E-state index contributed by atoms with van der Waals surface area (Å²) in [6, 6.07) is 5.79. The SMILES string of the molecule is CCCn1nnc(CN)c1-c1ccccn1. The lowest BCUT2D eigenvalue weighted by Gasteiger charge is -2.05. The third-order valence-corrected chi connectivity index (χ3v) is 2.34. The van der Waals surface area contributed by atoms with Gasteiger partial charge in [0.2, 0.25) is 0 Å². The Balaban J connectivity index is 2.48. The molecule has 0 aromatic carbocycles. The molecule has 0 amide bonds. The molecule has 2 aromatic rings. The molecule has 5 nitrogen and oxygen atoms in total. The molecule has 0 bridgehead atoms. The smallest absolute Gasteiger partial charge is 0.111 e. The van der Waals surface area contributed by atoms with Gasteiger partial charge in [0.25, 0.3) is 0 Å². The van der Waals surface area contributed by atoms with Crippen molar-refractivity contribution in [3.8, 4) is 11.4 Å². The Bertz CT molecular complexity index is 449. The zero-order valence-electron chi connectivity index (χ0n) is 9.30. The molecule has 2 rings (SSSR count). The quantitative estimate of drug-likeness (QED) is 0.835. The van der Waals surface area contributed by atoms with E-state index in [0.29, 0.717) is 6.54 Å². The van der Waals surface area contributed by atoms with Gasteiger partial charge in [0, 0.05) is 19.3 Å². The van der Waals surface area contributed by atoms with Crippen molar-refractivity contribution >= 4 is 0 Å². The normalized spacial score (nSPS) is 10.6. The molecule has 0 aliphatic rings. The summed E-state index contributed by atoms with van der Waals surface area (Å²) in [4.78, 5) is 4.32. The van der Waals surface area contributed by atoms with Crippen LogP contribution in [-0.2, 0) is 13.1 Å². The van der Waals surface area contributed by atoms with Crippen LogP contribution in [-0.4, -0.2) is 20.0 Å². The number of nitrogens with two attached hydrogens (primary N) is 1. The summed E-state index contributed by atoms with van der Waals surface area (Å²) in [7, 11) is 0. The Hall–Kier alpha value is -1.75. The molecule has 84 valence electrons. The van der Waals surface area contributed by atoms with Gasteiger partial charge in [-0.15, -0.1) is 5.10 Å². The fourth-order valence-corrected chi connectivity index (χ4v) is 1.64. The monoisotopic (exact) mass is 217 g/mol. The minimum atomic E-state index is 0.385. The Labute approximate surface area is 94.3 Å². The van der Waals surface area contributed by atoms with E-state index in [-0.39, 0.29) is 0 Å². The second kappa shape index (κ2) is 4.85. The summed E-state index contributed by atoms with van der Waals surface area (Å²) in [6.07, 6.45) is 2.77. The van der Waals surface area contributed by atoms with E-state index in [4.69, 9.17) is 5.73 Å². The van der Waals surface area contributed by atoms with Crippen LogP contribution in [0.4, 0.5) is 0 Å². The van der Waals surface area contributed by atoms with E-state index < -0.39 is 0 Å². The lowest BCUT2D eigenvalue weighted by molar-refractivity contribution is 0.583. The highest BCUT2D eigenvalue weighted by Crippen LogP contribution is 2.19. The maximum atomic E-state index is 5.65. The van der Waals surface area contributed by atoms with Crippen LogP contribution in [0.1, 0.15) is 19.0 Å². The fraction of sp³-hybridized carbons (Fsp3) is 0.364. The summed E-state index contributed by atoms with van der Waals surface area (Å²) in [5, 5.41) is 8.18. The van der Waals surface area contributed by atoms with Crippen LogP contribution in [0.25, 0.3) is 11.4 Å². The molecule has 16 heavy (non-hydrogen) atoms. The number of aromatic nitrogens is 4. The second-order valence-corrected chi connectivity index (χ2v) is 3.53. The van der Waals surface area contributed by atoms with Crippen LogP contribution >= 0.6 is 0 Å². The van der Waals surface area contributed by atoms with Crippen LogP contribution in [0.3, 0.4) is 0 Å². The molecule has 2 N–H and O–H groups in total. The first-order valence-corrected chi connectivity index (χ1v) is 5.40. The molecule has 0 spiro atoms. The third kappa shape index (κ3) is 1.94. The van der Waals surface area contributed by atoms with Gasteiger partial charge in [-0.05, 0) is 18.6 Å². The maximum absolute atomic E-state index is 5.65. The van der Waals surface area contributed by atoms with Crippen molar-refractivity contribution in [3.05, 3.63) is 30.1 Å². The fourth-order valence-electron chi connectivity index (χ4n) is 1.64. The van der Waals surface area contributed by atoms with Crippen LogP contribution < -0.4 is 5.73 Å². The molecule has 0 unspecified atom stereocenters. The predicted octanol–water partition coefficient (Wildman–Crippen LogP) is 1.21. The summed E-state index contributed by atoms with van der Waals surface area (Å²) in [5.41, 5.74) is 8.26. The van der Waals surface area contributed by atoms with Crippen molar-refractivity contribution in [1.82, 2.24) is 20.0 Å². The summed E-state index contributed by atoms with van der Waals surface area (Å²) in [6.45, 7) is 3.32. The first kappa shape index (κ1) is 10.8. The van der Waals surface area contributed by atoms with Gasteiger partial charge < -0.3 is 5.73 Å². The van der Waals surface area contributed by atoms with Gasteiger partial charge >= 0.3 is 0 Å². The number of aryl methyl sites for hydroxylation is 1. The summed E-state index contributed by atoms with van der Waals surface area (Å²) >= 11 is 0. The Morgan fingerprint density at radius 3 is 2.88 bits per heavy atom. The van der Waals surface area contributed by atoms with E-state index in [1.165, 1.54) is 0 Å². The average molecular weight is 217 g/mol. The molecular weight excluding hydrogens is 202 g/mol. The largest absolute Gasteiger partial charge is 0.325 e. The second-order valence-electron chi connectivity index (χ2n) is 3.53. The average Bonchev–Trinajstić information content (AvgIpc) is 2.74. The molecule has 0 fully saturated rings. The number of pyridine rings is 1. The minimum absolute atomic E-state index is 0.385. The van der Waals surface area contributed by atoms with Crippen molar-refractivity contribution in [2.75, 3.05) is 0 Å². The number of nitrogens with zero attached hydrogens (tertiary/aromatic N) is 4. The molecule has 0 atom stereocenters. The van der Waals surface area contributed by atoms with E-state index in [2.05, 4.69) is 22.2 Å². The molecule has 2 heterocycles.